The van der Waals surface area contributed by atoms with Gasteiger partial charge in [-0.1, -0.05) is 19.0 Å². The number of aromatic amines is 1. The number of hydrogen-bond donors (Lipinski definition) is 1. The second-order valence-electron chi connectivity index (χ2n) is 6.00. The second-order valence-corrected chi connectivity index (χ2v) is 6.00. The van der Waals surface area contributed by atoms with Gasteiger partial charge in [-0.3, -0.25) is 0 Å². The summed E-state index contributed by atoms with van der Waals surface area (Å²) in [5.41, 5.74) is 5.96. The van der Waals surface area contributed by atoms with Gasteiger partial charge in [-0.15, -0.1) is 0 Å². The first-order valence-electron chi connectivity index (χ1n) is 8.50. The number of rotatable bonds is 3. The molecular weight excluding hydrogens is 284 g/mol. The molecule has 4 heteroatoms. The summed E-state index contributed by atoms with van der Waals surface area (Å²) in [5, 5.41) is 0. The zero-order chi connectivity index (χ0) is 16.8. The summed E-state index contributed by atoms with van der Waals surface area (Å²) < 4.78 is 10.1. The third-order valence-corrected chi connectivity index (χ3v) is 4.31. The molecule has 2 heterocycles. The normalized spacial score (nSPS) is 12.2. The van der Waals surface area contributed by atoms with Gasteiger partial charge in [0.1, 0.15) is 11.6 Å². The van der Waals surface area contributed by atoms with Crippen molar-refractivity contribution in [1.82, 2.24) is 19.5 Å². The number of nitrogens with one attached hydrogen (secondary N) is 1. The summed E-state index contributed by atoms with van der Waals surface area (Å²) in [5.74, 6) is 1.94. The lowest BCUT2D eigenvalue weighted by atomic mass is 10.2. The molecule has 2 aromatic carbocycles. The Labute approximate surface area is 136 Å². The lowest BCUT2D eigenvalue weighted by Crippen LogP contribution is -1.92. The van der Waals surface area contributed by atoms with E-state index in [0.717, 1.165) is 57.7 Å². The quantitative estimate of drug-likeness (QED) is 0.610. The van der Waals surface area contributed by atoms with E-state index in [0.29, 0.717) is 6.04 Å². The number of aryl methyl sites for hydroxylation is 3. The maximum absolute atomic E-state index is 7.97. The molecule has 0 aliphatic carbocycles. The number of nitrogens with zero attached hydrogens (tertiary/aromatic N) is 3. The Morgan fingerprint density at radius 2 is 2.13 bits per heavy atom. The highest BCUT2D eigenvalue weighted by molar-refractivity contribution is 5.86. The van der Waals surface area contributed by atoms with Crippen molar-refractivity contribution in [2.45, 2.75) is 26.7 Å². The number of imidazole rings is 2. The number of H-pyrrole nitrogens is 1. The standard InChI is InChI=1S/C19H20N4/c1-4-6-17-20-14-10-9-13(11-15(14)21-17)19-22-18-12(2)7-5-8-16(18)23(19)3/h5,7-11H,4,6H2,1-3H3,(H,20,21)/i7D. The highest BCUT2D eigenvalue weighted by atomic mass is 15.1. The van der Waals surface area contributed by atoms with Crippen molar-refractivity contribution in [2.75, 3.05) is 0 Å². The molecule has 4 aromatic rings. The molecule has 4 rings (SSSR count). The third-order valence-electron chi connectivity index (χ3n) is 4.31. The van der Waals surface area contributed by atoms with Crippen molar-refractivity contribution in [3.63, 3.8) is 0 Å². The van der Waals surface area contributed by atoms with Crippen molar-refractivity contribution < 1.29 is 1.37 Å². The fraction of sp³-hybridized carbons (Fsp3) is 0.263. The highest BCUT2D eigenvalue weighted by Gasteiger charge is 2.12. The van der Waals surface area contributed by atoms with Crippen LogP contribution < -0.4 is 0 Å². The van der Waals surface area contributed by atoms with Gasteiger partial charge in [0, 0.05) is 19.0 Å². The predicted octanol–water partition coefficient (Wildman–Crippen LogP) is 4.38. The first-order valence-corrected chi connectivity index (χ1v) is 8.00. The molecule has 0 saturated heterocycles. The zero-order valence-corrected chi connectivity index (χ0v) is 13.6. The van der Waals surface area contributed by atoms with Gasteiger partial charge in [-0.05, 0) is 43.2 Å². The largest absolute Gasteiger partial charge is 0.342 e. The van der Waals surface area contributed by atoms with E-state index in [-0.39, 0.29) is 0 Å². The van der Waals surface area contributed by atoms with E-state index >= 15 is 0 Å². The fourth-order valence-corrected chi connectivity index (χ4v) is 3.11. The average molecular weight is 305 g/mol. The van der Waals surface area contributed by atoms with Crippen molar-refractivity contribution >= 4 is 22.1 Å². The summed E-state index contributed by atoms with van der Waals surface area (Å²) in [7, 11) is 2.02. The third kappa shape index (κ3) is 2.22. The first kappa shape index (κ1) is 12.9. The number of benzene rings is 2. The lowest BCUT2D eigenvalue weighted by Gasteiger charge is -2.02. The molecule has 0 bridgehead atoms. The average Bonchev–Trinajstić information content (AvgIpc) is 3.12. The maximum Gasteiger partial charge on any atom is 0.140 e. The molecule has 4 nitrogen and oxygen atoms in total. The van der Waals surface area contributed by atoms with Crippen LogP contribution in [0.3, 0.4) is 0 Å². The van der Waals surface area contributed by atoms with Crippen molar-refractivity contribution in [1.29, 1.82) is 0 Å². The zero-order valence-electron chi connectivity index (χ0n) is 14.6. The molecule has 0 unspecified atom stereocenters. The van der Waals surface area contributed by atoms with E-state index in [4.69, 9.17) is 6.35 Å². The molecule has 23 heavy (non-hydrogen) atoms. The minimum atomic E-state index is 0.528. The molecule has 0 fully saturated rings. The van der Waals surface area contributed by atoms with Gasteiger partial charge in [0.25, 0.3) is 0 Å². The van der Waals surface area contributed by atoms with Gasteiger partial charge in [0.2, 0.25) is 0 Å². The summed E-state index contributed by atoms with van der Waals surface area (Å²) in [6, 6.07) is 10.5. The summed E-state index contributed by atoms with van der Waals surface area (Å²) in [6.07, 6.45) is 2.04. The molecular formula is C19H20N4. The van der Waals surface area contributed by atoms with Crippen molar-refractivity contribution in [3.05, 3.63) is 47.8 Å². The Bertz CT molecular complexity index is 1060. The molecule has 116 valence electrons. The van der Waals surface area contributed by atoms with Crippen LogP contribution in [-0.2, 0) is 13.5 Å². The summed E-state index contributed by atoms with van der Waals surface area (Å²) in [4.78, 5) is 12.8. The van der Waals surface area contributed by atoms with Gasteiger partial charge in [0.05, 0.1) is 23.4 Å². The molecule has 0 spiro atoms. The lowest BCUT2D eigenvalue weighted by molar-refractivity contribution is 0.861. The number of aromatic nitrogens is 4. The van der Waals surface area contributed by atoms with E-state index in [1.807, 2.05) is 32.2 Å². The molecule has 0 atom stereocenters. The Hall–Kier alpha value is -2.62. The van der Waals surface area contributed by atoms with Crippen LogP contribution in [-0.4, -0.2) is 19.5 Å². The van der Waals surface area contributed by atoms with E-state index in [2.05, 4.69) is 33.6 Å². The number of para-hydroxylation sites is 1. The predicted molar refractivity (Wildman–Crippen MR) is 94.5 cm³/mol. The Morgan fingerprint density at radius 1 is 1.26 bits per heavy atom. The number of fused-ring (bicyclic) bond motifs is 2. The smallest absolute Gasteiger partial charge is 0.140 e. The molecule has 0 saturated carbocycles. The first-order chi connectivity index (χ1) is 11.6. The van der Waals surface area contributed by atoms with E-state index in [1.54, 1.807) is 0 Å². The van der Waals surface area contributed by atoms with Crippen LogP contribution in [0.4, 0.5) is 0 Å². The SMILES string of the molecule is [2H]c1ccc2c(nc(-c3ccc4nc(CCC)[nH]c4c3)n2C)c1C. The fourth-order valence-electron chi connectivity index (χ4n) is 3.11. The van der Waals surface area contributed by atoms with Crippen LogP contribution in [0.15, 0.2) is 36.4 Å². The molecule has 0 aliphatic heterocycles. The van der Waals surface area contributed by atoms with Crippen LogP contribution in [0.1, 0.15) is 26.1 Å². The topological polar surface area (TPSA) is 46.5 Å². The molecule has 0 radical (unpaired) electrons. The molecule has 1 N–H and O–H groups in total. The van der Waals surface area contributed by atoms with Gasteiger partial charge in [-0.25, -0.2) is 9.97 Å². The second kappa shape index (κ2) is 5.23. The number of hydrogen-bond acceptors (Lipinski definition) is 2. The maximum atomic E-state index is 7.97. The van der Waals surface area contributed by atoms with E-state index in [9.17, 15) is 0 Å². The van der Waals surface area contributed by atoms with Gasteiger partial charge in [-0.2, -0.15) is 0 Å². The van der Waals surface area contributed by atoms with Crippen LogP contribution >= 0.6 is 0 Å². The van der Waals surface area contributed by atoms with Crippen molar-refractivity contribution in [2.24, 2.45) is 7.05 Å². The summed E-state index contributed by atoms with van der Waals surface area (Å²) >= 11 is 0. The van der Waals surface area contributed by atoms with Crippen LogP contribution in [0, 0.1) is 6.92 Å². The van der Waals surface area contributed by atoms with E-state index < -0.39 is 0 Å². The van der Waals surface area contributed by atoms with E-state index in [1.165, 1.54) is 0 Å². The Kier molecular flexibility index (Phi) is 2.93. The Morgan fingerprint density at radius 3 is 2.96 bits per heavy atom. The van der Waals surface area contributed by atoms with Crippen LogP contribution in [0.2, 0.25) is 0 Å². The molecule has 2 aromatic heterocycles. The van der Waals surface area contributed by atoms with Gasteiger partial charge in [0.15, 0.2) is 0 Å². The minimum Gasteiger partial charge on any atom is -0.342 e. The molecule has 0 amide bonds. The molecule has 0 aliphatic rings. The van der Waals surface area contributed by atoms with Crippen molar-refractivity contribution in [3.8, 4) is 11.4 Å². The van der Waals surface area contributed by atoms with Crippen LogP contribution in [0.25, 0.3) is 33.5 Å². The minimum absolute atomic E-state index is 0.528. The highest BCUT2D eigenvalue weighted by Crippen LogP contribution is 2.27. The van der Waals surface area contributed by atoms with Gasteiger partial charge >= 0.3 is 0 Å². The van der Waals surface area contributed by atoms with Gasteiger partial charge < -0.3 is 9.55 Å². The monoisotopic (exact) mass is 305 g/mol. The van der Waals surface area contributed by atoms with Crippen LogP contribution in [0.5, 0.6) is 0 Å². The Balaban J connectivity index is 1.89. The summed E-state index contributed by atoms with van der Waals surface area (Å²) in [6.45, 7) is 4.11.